The lowest BCUT2D eigenvalue weighted by Gasteiger charge is -2.23. The van der Waals surface area contributed by atoms with Crippen LogP contribution in [0.3, 0.4) is 0 Å². The van der Waals surface area contributed by atoms with E-state index in [1.54, 1.807) is 14.0 Å². The fraction of sp³-hybridized carbons (Fsp3) is 0.217. The van der Waals surface area contributed by atoms with Crippen LogP contribution in [0.25, 0.3) is 11.2 Å². The van der Waals surface area contributed by atoms with Gasteiger partial charge in [0.1, 0.15) is 6.04 Å². The number of hydrogen-bond donors (Lipinski definition) is 1. The highest BCUT2D eigenvalue weighted by molar-refractivity contribution is 5.83. The molecule has 8 heteroatoms. The molecule has 0 aliphatic rings. The number of aryl methyl sites for hydroxylation is 1. The van der Waals surface area contributed by atoms with Crippen molar-refractivity contribution in [3.8, 4) is 0 Å². The van der Waals surface area contributed by atoms with Gasteiger partial charge in [0.05, 0.1) is 12.4 Å². The number of nitrogens with zero attached hydrogens (tertiary/aromatic N) is 4. The molecule has 0 aliphatic heterocycles. The van der Waals surface area contributed by atoms with Crippen LogP contribution in [0.5, 0.6) is 0 Å². The van der Waals surface area contributed by atoms with Crippen molar-refractivity contribution in [2.75, 3.05) is 0 Å². The number of amides is 1. The van der Waals surface area contributed by atoms with E-state index in [4.69, 9.17) is 0 Å². The third-order valence-corrected chi connectivity index (χ3v) is 5.52. The Bertz CT molecular complexity index is 1310. The van der Waals surface area contributed by atoms with Crippen LogP contribution in [0.4, 0.5) is 0 Å². The number of imidazole rings is 1. The first kappa shape index (κ1) is 20.3. The van der Waals surface area contributed by atoms with Gasteiger partial charge in [-0.1, -0.05) is 60.7 Å². The number of hydrogen-bond acceptors (Lipinski definition) is 4. The molecule has 158 valence electrons. The Morgan fingerprint density at radius 3 is 2.00 bits per heavy atom. The highest BCUT2D eigenvalue weighted by Gasteiger charge is 2.25. The summed E-state index contributed by atoms with van der Waals surface area (Å²) in [6.45, 7) is 1.70. The molecule has 0 spiro atoms. The van der Waals surface area contributed by atoms with Crippen LogP contribution in [-0.4, -0.2) is 24.6 Å². The van der Waals surface area contributed by atoms with Crippen molar-refractivity contribution in [2.24, 2.45) is 14.1 Å². The fourth-order valence-corrected chi connectivity index (χ4v) is 3.70. The quantitative estimate of drug-likeness (QED) is 0.537. The molecule has 2 heterocycles. The van der Waals surface area contributed by atoms with Crippen molar-refractivity contribution < 1.29 is 4.79 Å². The van der Waals surface area contributed by atoms with E-state index in [0.717, 1.165) is 15.7 Å². The molecule has 0 bridgehead atoms. The SMILES string of the molecule is CC(C(=O)NC(c1ccccc1)c1ccccc1)n1cnc2c1c(=O)n(C)c(=O)n2C. The predicted molar refractivity (Wildman–Crippen MR) is 118 cm³/mol. The lowest BCUT2D eigenvalue weighted by molar-refractivity contribution is -0.124. The number of carbonyl (C=O) groups is 1. The molecule has 0 saturated carbocycles. The smallest absolute Gasteiger partial charge is 0.332 e. The Kier molecular flexibility index (Phi) is 5.29. The average molecular weight is 417 g/mol. The molecular formula is C23H23N5O3. The maximum Gasteiger partial charge on any atom is 0.332 e. The van der Waals surface area contributed by atoms with Crippen molar-refractivity contribution in [1.82, 2.24) is 24.0 Å². The Balaban J connectivity index is 1.73. The van der Waals surface area contributed by atoms with Gasteiger partial charge in [0.15, 0.2) is 11.2 Å². The summed E-state index contributed by atoms with van der Waals surface area (Å²) in [5, 5.41) is 3.10. The minimum atomic E-state index is -0.717. The fourth-order valence-electron chi connectivity index (χ4n) is 3.70. The highest BCUT2D eigenvalue weighted by Crippen LogP contribution is 2.23. The molecule has 31 heavy (non-hydrogen) atoms. The minimum absolute atomic E-state index is 0.211. The van der Waals surface area contributed by atoms with E-state index in [1.165, 1.54) is 22.5 Å². The molecule has 0 radical (unpaired) electrons. The monoisotopic (exact) mass is 417 g/mol. The molecule has 0 aliphatic carbocycles. The van der Waals surface area contributed by atoms with Crippen molar-refractivity contribution in [1.29, 1.82) is 0 Å². The minimum Gasteiger partial charge on any atom is -0.343 e. The number of benzene rings is 2. The highest BCUT2D eigenvalue weighted by atomic mass is 16.2. The number of aromatic nitrogens is 4. The van der Waals surface area contributed by atoms with Gasteiger partial charge in [-0.05, 0) is 18.1 Å². The van der Waals surface area contributed by atoms with Crippen LogP contribution in [0.1, 0.15) is 30.1 Å². The molecular weight excluding hydrogens is 394 g/mol. The van der Waals surface area contributed by atoms with E-state index < -0.39 is 17.3 Å². The van der Waals surface area contributed by atoms with Crippen LogP contribution in [0.15, 0.2) is 76.6 Å². The van der Waals surface area contributed by atoms with Gasteiger partial charge in [-0.15, -0.1) is 0 Å². The Hall–Kier alpha value is -3.94. The summed E-state index contributed by atoms with van der Waals surface area (Å²) in [5.74, 6) is -0.270. The van der Waals surface area contributed by atoms with E-state index in [0.29, 0.717) is 0 Å². The first-order valence-electron chi connectivity index (χ1n) is 9.93. The summed E-state index contributed by atoms with van der Waals surface area (Å²) in [4.78, 5) is 42.4. The summed E-state index contributed by atoms with van der Waals surface area (Å²) in [7, 11) is 2.96. The van der Waals surface area contributed by atoms with Gasteiger partial charge in [-0.3, -0.25) is 18.7 Å². The largest absolute Gasteiger partial charge is 0.343 e. The Labute approximate surface area is 178 Å². The summed E-state index contributed by atoms with van der Waals surface area (Å²) >= 11 is 0. The van der Waals surface area contributed by atoms with Crippen LogP contribution in [-0.2, 0) is 18.9 Å². The molecule has 2 aromatic carbocycles. The Morgan fingerprint density at radius 1 is 0.903 bits per heavy atom. The third kappa shape index (κ3) is 3.56. The Morgan fingerprint density at radius 2 is 1.45 bits per heavy atom. The zero-order chi connectivity index (χ0) is 22.1. The molecule has 1 amide bonds. The molecule has 2 aromatic heterocycles. The van der Waals surface area contributed by atoms with Gasteiger partial charge in [-0.25, -0.2) is 9.78 Å². The van der Waals surface area contributed by atoms with Gasteiger partial charge in [0, 0.05) is 14.1 Å². The standard InChI is InChI=1S/C23H23N5O3/c1-15(28-14-24-20-19(28)22(30)27(3)23(31)26(20)2)21(29)25-18(16-10-6-4-7-11-16)17-12-8-5-9-13-17/h4-15,18H,1-3H3,(H,25,29). The molecule has 1 N–H and O–H groups in total. The lowest BCUT2D eigenvalue weighted by atomic mass is 9.98. The summed E-state index contributed by atoms with van der Waals surface area (Å²) in [6.07, 6.45) is 1.43. The predicted octanol–water partition coefficient (Wildman–Crippen LogP) is 1.90. The van der Waals surface area contributed by atoms with Crippen molar-refractivity contribution >= 4 is 17.1 Å². The summed E-state index contributed by atoms with van der Waals surface area (Å²) in [6, 6.07) is 18.3. The number of carbonyl (C=O) groups excluding carboxylic acids is 1. The molecule has 0 saturated heterocycles. The van der Waals surface area contributed by atoms with Crippen molar-refractivity contribution in [3.63, 3.8) is 0 Å². The van der Waals surface area contributed by atoms with E-state index in [1.807, 2.05) is 60.7 Å². The van der Waals surface area contributed by atoms with Crippen molar-refractivity contribution in [3.05, 3.63) is 99.0 Å². The van der Waals surface area contributed by atoms with E-state index >= 15 is 0 Å². The molecule has 4 aromatic rings. The van der Waals surface area contributed by atoms with Gasteiger partial charge < -0.3 is 9.88 Å². The van der Waals surface area contributed by atoms with Gasteiger partial charge in [0.2, 0.25) is 5.91 Å². The summed E-state index contributed by atoms with van der Waals surface area (Å²) in [5.41, 5.74) is 1.40. The summed E-state index contributed by atoms with van der Waals surface area (Å²) < 4.78 is 3.83. The molecule has 0 fully saturated rings. The van der Waals surface area contributed by atoms with Gasteiger partial charge in [-0.2, -0.15) is 0 Å². The molecule has 8 nitrogen and oxygen atoms in total. The van der Waals surface area contributed by atoms with Gasteiger partial charge in [0.25, 0.3) is 5.56 Å². The van der Waals surface area contributed by atoms with E-state index in [-0.39, 0.29) is 23.1 Å². The topological polar surface area (TPSA) is 90.9 Å². The zero-order valence-corrected chi connectivity index (χ0v) is 17.5. The first-order valence-corrected chi connectivity index (χ1v) is 9.93. The van der Waals surface area contributed by atoms with Gasteiger partial charge >= 0.3 is 5.69 Å². The maximum absolute atomic E-state index is 13.3. The van der Waals surface area contributed by atoms with E-state index in [9.17, 15) is 14.4 Å². The molecule has 4 rings (SSSR count). The zero-order valence-electron chi connectivity index (χ0n) is 17.5. The first-order chi connectivity index (χ1) is 14.9. The van der Waals surface area contributed by atoms with Crippen LogP contribution in [0.2, 0.25) is 0 Å². The van der Waals surface area contributed by atoms with Crippen LogP contribution in [0, 0.1) is 0 Å². The molecule has 1 unspecified atom stereocenters. The van der Waals surface area contributed by atoms with E-state index in [2.05, 4.69) is 10.3 Å². The third-order valence-electron chi connectivity index (χ3n) is 5.52. The van der Waals surface area contributed by atoms with Crippen molar-refractivity contribution in [2.45, 2.75) is 19.0 Å². The molecule has 1 atom stereocenters. The second kappa shape index (κ2) is 8.06. The van der Waals surface area contributed by atoms with Crippen LogP contribution < -0.4 is 16.6 Å². The normalized spacial score (nSPS) is 12.3. The van der Waals surface area contributed by atoms with Crippen LogP contribution >= 0.6 is 0 Å². The second-order valence-corrected chi connectivity index (χ2v) is 7.47. The number of nitrogens with one attached hydrogen (secondary N) is 1. The number of fused-ring (bicyclic) bond motifs is 1. The average Bonchev–Trinajstić information content (AvgIpc) is 3.25. The number of rotatable bonds is 5. The maximum atomic E-state index is 13.3. The second-order valence-electron chi connectivity index (χ2n) is 7.47. The lowest BCUT2D eigenvalue weighted by Crippen LogP contribution is -2.39.